The molecule has 3 heterocycles. The van der Waals surface area contributed by atoms with Crippen LogP contribution in [0.5, 0.6) is 11.5 Å². The number of allylic oxidation sites excluding steroid dienone is 2. The van der Waals surface area contributed by atoms with Crippen molar-refractivity contribution in [3.63, 3.8) is 0 Å². The molecule has 0 amide bonds. The molecule has 29 heavy (non-hydrogen) atoms. The molecule has 5 rings (SSSR count). The van der Waals surface area contributed by atoms with E-state index in [2.05, 4.69) is 15.4 Å². The van der Waals surface area contributed by atoms with Crippen LogP contribution in [-0.4, -0.2) is 32.3 Å². The maximum Gasteiger partial charge on any atom is 0.226 e. The summed E-state index contributed by atoms with van der Waals surface area (Å²) < 4.78 is 12.8. The quantitative estimate of drug-likeness (QED) is 0.701. The Kier molecular flexibility index (Phi) is 4.12. The molecule has 8 heteroatoms. The Balaban J connectivity index is 1.61. The third-order valence-corrected chi connectivity index (χ3v) is 5.41. The summed E-state index contributed by atoms with van der Waals surface area (Å²) >= 11 is 0. The summed E-state index contributed by atoms with van der Waals surface area (Å²) in [5.41, 5.74) is 2.30. The minimum atomic E-state index is -0.436. The molecule has 0 radical (unpaired) electrons. The first-order chi connectivity index (χ1) is 14.2. The lowest BCUT2D eigenvalue weighted by Crippen LogP contribution is -2.33. The standard InChI is InChI=1S/C21H20N4O4/c1-2-28-18-10-12(5-6-15(18)26)20-19-14(24-21-22-11-23-25(20)21)8-13(9-16(19)27)17-4-3-7-29-17/h3-7,10-11,13,20,26H,2,8-9H2,1H3,(H,22,23,24). The number of fused-ring (bicyclic) bond motifs is 1. The number of ketones is 1. The molecule has 2 unspecified atom stereocenters. The van der Waals surface area contributed by atoms with Crippen LogP contribution >= 0.6 is 0 Å². The molecular formula is C21H20N4O4. The van der Waals surface area contributed by atoms with Gasteiger partial charge in [-0.3, -0.25) is 4.79 Å². The number of nitrogens with zero attached hydrogens (tertiary/aromatic N) is 3. The van der Waals surface area contributed by atoms with Crippen LogP contribution in [-0.2, 0) is 4.79 Å². The van der Waals surface area contributed by atoms with Gasteiger partial charge >= 0.3 is 0 Å². The summed E-state index contributed by atoms with van der Waals surface area (Å²) in [4.78, 5) is 17.5. The van der Waals surface area contributed by atoms with Crippen LogP contribution in [0.3, 0.4) is 0 Å². The number of furan rings is 1. The van der Waals surface area contributed by atoms with Crippen molar-refractivity contribution in [2.75, 3.05) is 11.9 Å². The number of hydrogen-bond acceptors (Lipinski definition) is 7. The Morgan fingerprint density at radius 1 is 1.34 bits per heavy atom. The summed E-state index contributed by atoms with van der Waals surface area (Å²) in [6, 6.07) is 8.43. The number of benzene rings is 1. The number of carbonyl (C=O) groups is 1. The summed E-state index contributed by atoms with van der Waals surface area (Å²) in [6.07, 6.45) is 4.11. The summed E-state index contributed by atoms with van der Waals surface area (Å²) in [5.74, 6) is 1.84. The van der Waals surface area contributed by atoms with Gasteiger partial charge in [0, 0.05) is 23.6 Å². The summed E-state index contributed by atoms with van der Waals surface area (Å²) in [6.45, 7) is 2.28. The smallest absolute Gasteiger partial charge is 0.226 e. The molecule has 3 aromatic rings. The van der Waals surface area contributed by atoms with Crippen LogP contribution in [0, 0.1) is 0 Å². The number of aromatic hydroxyl groups is 1. The Morgan fingerprint density at radius 3 is 3.03 bits per heavy atom. The number of rotatable bonds is 4. The van der Waals surface area contributed by atoms with Gasteiger partial charge in [0.15, 0.2) is 17.3 Å². The molecule has 2 N–H and O–H groups in total. The van der Waals surface area contributed by atoms with Crippen LogP contribution in [0.2, 0.25) is 0 Å². The highest BCUT2D eigenvalue weighted by Gasteiger charge is 2.40. The van der Waals surface area contributed by atoms with Gasteiger partial charge in [0.2, 0.25) is 5.95 Å². The number of phenols is 1. The van der Waals surface area contributed by atoms with Crippen molar-refractivity contribution in [1.29, 1.82) is 0 Å². The zero-order valence-corrected chi connectivity index (χ0v) is 15.8. The van der Waals surface area contributed by atoms with E-state index in [9.17, 15) is 9.90 Å². The van der Waals surface area contributed by atoms with Gasteiger partial charge in [0.1, 0.15) is 18.1 Å². The first kappa shape index (κ1) is 17.5. The largest absolute Gasteiger partial charge is 0.504 e. The van der Waals surface area contributed by atoms with E-state index in [-0.39, 0.29) is 17.5 Å². The SMILES string of the molecule is CCOc1cc(C2C3=C(CC(c4ccco4)CC3=O)Nc3ncnn32)ccc1O. The highest BCUT2D eigenvalue weighted by atomic mass is 16.5. The molecule has 2 aromatic heterocycles. The molecule has 2 atom stereocenters. The number of phenolic OH excluding ortho intramolecular Hbond substituents is 1. The lowest BCUT2D eigenvalue weighted by molar-refractivity contribution is -0.117. The molecule has 1 aromatic carbocycles. The maximum absolute atomic E-state index is 13.2. The van der Waals surface area contributed by atoms with Crippen LogP contribution in [0.15, 0.2) is 58.6 Å². The highest BCUT2D eigenvalue weighted by Crippen LogP contribution is 2.44. The fourth-order valence-corrected chi connectivity index (χ4v) is 4.16. The first-order valence-electron chi connectivity index (χ1n) is 9.57. The Morgan fingerprint density at radius 2 is 2.24 bits per heavy atom. The number of ether oxygens (including phenoxy) is 1. The van der Waals surface area contributed by atoms with Crippen molar-refractivity contribution in [3.8, 4) is 11.5 Å². The van der Waals surface area contributed by atoms with Gasteiger partial charge in [-0.15, -0.1) is 0 Å². The zero-order valence-electron chi connectivity index (χ0n) is 15.8. The number of aromatic nitrogens is 3. The van der Waals surface area contributed by atoms with Gasteiger partial charge in [-0.1, -0.05) is 6.07 Å². The van der Waals surface area contributed by atoms with E-state index in [0.717, 1.165) is 17.0 Å². The molecule has 0 fully saturated rings. The van der Waals surface area contributed by atoms with Gasteiger partial charge < -0.3 is 19.6 Å². The maximum atomic E-state index is 13.2. The lowest BCUT2D eigenvalue weighted by atomic mass is 9.79. The van der Waals surface area contributed by atoms with Gasteiger partial charge in [0.05, 0.1) is 12.9 Å². The van der Waals surface area contributed by atoms with Gasteiger partial charge in [-0.25, -0.2) is 4.68 Å². The molecule has 0 bridgehead atoms. The number of anilines is 1. The van der Waals surface area contributed by atoms with Gasteiger partial charge in [0.25, 0.3) is 0 Å². The second-order valence-corrected chi connectivity index (χ2v) is 7.15. The van der Waals surface area contributed by atoms with Crippen molar-refractivity contribution >= 4 is 11.7 Å². The van der Waals surface area contributed by atoms with Crippen LogP contribution < -0.4 is 10.1 Å². The predicted octanol–water partition coefficient (Wildman–Crippen LogP) is 3.39. The van der Waals surface area contributed by atoms with Crippen molar-refractivity contribution in [2.45, 2.75) is 31.7 Å². The Hall–Kier alpha value is -3.55. The summed E-state index contributed by atoms with van der Waals surface area (Å²) in [5, 5.41) is 17.7. The predicted molar refractivity (Wildman–Crippen MR) is 104 cm³/mol. The zero-order chi connectivity index (χ0) is 20.0. The monoisotopic (exact) mass is 392 g/mol. The van der Waals surface area contributed by atoms with E-state index >= 15 is 0 Å². The first-order valence-corrected chi connectivity index (χ1v) is 9.57. The van der Waals surface area contributed by atoms with Gasteiger partial charge in [-0.05, 0) is 43.2 Å². The molecule has 2 aliphatic rings. The molecule has 0 saturated carbocycles. The van der Waals surface area contributed by atoms with Crippen LogP contribution in [0.1, 0.15) is 43.0 Å². The number of nitrogens with one attached hydrogen (secondary N) is 1. The van der Waals surface area contributed by atoms with E-state index < -0.39 is 6.04 Å². The fraction of sp³-hybridized carbons (Fsp3) is 0.286. The van der Waals surface area contributed by atoms with E-state index in [1.54, 1.807) is 29.1 Å². The van der Waals surface area contributed by atoms with Crippen LogP contribution in [0.25, 0.3) is 0 Å². The van der Waals surface area contributed by atoms with E-state index in [4.69, 9.17) is 9.15 Å². The average Bonchev–Trinajstić information content (AvgIpc) is 3.40. The van der Waals surface area contributed by atoms with Crippen molar-refractivity contribution in [2.24, 2.45) is 0 Å². The van der Waals surface area contributed by atoms with Crippen molar-refractivity contribution < 1.29 is 19.1 Å². The molecule has 8 nitrogen and oxygen atoms in total. The van der Waals surface area contributed by atoms with E-state index in [1.807, 2.05) is 19.1 Å². The number of carbonyl (C=O) groups excluding carboxylic acids is 1. The molecular weight excluding hydrogens is 372 g/mol. The minimum Gasteiger partial charge on any atom is -0.504 e. The second kappa shape index (κ2) is 6.80. The third-order valence-electron chi connectivity index (χ3n) is 5.41. The minimum absolute atomic E-state index is 0.0160. The number of hydrogen-bond donors (Lipinski definition) is 2. The van der Waals surface area contributed by atoms with Gasteiger partial charge in [-0.2, -0.15) is 10.1 Å². The third kappa shape index (κ3) is 2.88. The molecule has 1 aliphatic heterocycles. The lowest BCUT2D eigenvalue weighted by Gasteiger charge is -2.34. The normalized spacial score (nSPS) is 20.8. The van der Waals surface area contributed by atoms with E-state index in [0.29, 0.717) is 36.7 Å². The molecule has 0 saturated heterocycles. The van der Waals surface area contributed by atoms with Crippen LogP contribution in [0.4, 0.5) is 5.95 Å². The molecule has 0 spiro atoms. The second-order valence-electron chi connectivity index (χ2n) is 7.15. The topological polar surface area (TPSA) is 102 Å². The van der Waals surface area contributed by atoms with Crippen molar-refractivity contribution in [1.82, 2.24) is 14.8 Å². The highest BCUT2D eigenvalue weighted by molar-refractivity contribution is 6.00. The molecule has 148 valence electrons. The molecule has 1 aliphatic carbocycles. The Labute approximate surface area is 166 Å². The fourth-order valence-electron chi connectivity index (χ4n) is 4.16. The van der Waals surface area contributed by atoms with Crippen molar-refractivity contribution in [3.05, 3.63) is 65.5 Å². The summed E-state index contributed by atoms with van der Waals surface area (Å²) in [7, 11) is 0. The Bertz CT molecular complexity index is 1100. The van der Waals surface area contributed by atoms with E-state index in [1.165, 1.54) is 6.33 Å². The average molecular weight is 392 g/mol. The number of Topliss-reactive ketones (excluding diaryl/α,β-unsaturated/α-hetero) is 1.